The fraction of sp³-hybridized carbons (Fsp3) is 0.846. The van der Waals surface area contributed by atoms with Gasteiger partial charge in [0.2, 0.25) is 0 Å². The lowest BCUT2D eigenvalue weighted by molar-refractivity contribution is -0.139. The van der Waals surface area contributed by atoms with E-state index >= 15 is 0 Å². The normalized spacial score (nSPS) is 13.9. The number of aliphatic carboxylic acids is 1. The number of hydrogen-bond acceptors (Lipinski definition) is 3. The van der Waals surface area contributed by atoms with Crippen molar-refractivity contribution >= 4 is 12.0 Å². The second kappa shape index (κ2) is 9.61. The molecule has 2 unspecified atom stereocenters. The Morgan fingerprint density at radius 3 is 2.42 bits per heavy atom. The van der Waals surface area contributed by atoms with Gasteiger partial charge in [0, 0.05) is 19.1 Å². The minimum Gasteiger partial charge on any atom is -0.480 e. The molecule has 0 saturated carbocycles. The summed E-state index contributed by atoms with van der Waals surface area (Å²) in [4.78, 5) is 24.6. The molecule has 0 aliphatic rings. The van der Waals surface area contributed by atoms with Gasteiger partial charge in [0.1, 0.15) is 6.04 Å². The summed E-state index contributed by atoms with van der Waals surface area (Å²) < 4.78 is 0. The highest BCUT2D eigenvalue weighted by Gasteiger charge is 2.18. The number of likely N-dealkylation sites (N-methyl/N-ethyl adjacent to an activating group) is 1. The summed E-state index contributed by atoms with van der Waals surface area (Å²) in [5, 5.41) is 14.1. The Morgan fingerprint density at radius 2 is 1.95 bits per heavy atom. The lowest BCUT2D eigenvalue weighted by atomic mass is 10.2. The van der Waals surface area contributed by atoms with Crippen LogP contribution in [0.25, 0.3) is 0 Å². The van der Waals surface area contributed by atoms with Crippen LogP contribution in [0.15, 0.2) is 0 Å². The van der Waals surface area contributed by atoms with Crippen molar-refractivity contribution in [2.45, 2.75) is 52.1 Å². The average molecular weight is 273 g/mol. The molecule has 112 valence electrons. The molecule has 3 N–H and O–H groups in total. The Labute approximate surface area is 115 Å². The lowest BCUT2D eigenvalue weighted by Gasteiger charge is -2.23. The number of carbonyl (C=O) groups is 2. The van der Waals surface area contributed by atoms with Gasteiger partial charge in [-0.1, -0.05) is 20.3 Å². The van der Waals surface area contributed by atoms with Crippen LogP contribution in [0.4, 0.5) is 4.79 Å². The van der Waals surface area contributed by atoms with Crippen LogP contribution in [0, 0.1) is 0 Å². The number of carboxylic acids is 1. The van der Waals surface area contributed by atoms with Gasteiger partial charge in [0.15, 0.2) is 0 Å². The van der Waals surface area contributed by atoms with Crippen LogP contribution in [0.2, 0.25) is 0 Å². The monoisotopic (exact) mass is 273 g/mol. The van der Waals surface area contributed by atoms with Gasteiger partial charge in [0.25, 0.3) is 0 Å². The first-order chi connectivity index (χ1) is 8.92. The first-order valence-electron chi connectivity index (χ1n) is 6.89. The summed E-state index contributed by atoms with van der Waals surface area (Å²) in [7, 11) is 2.00. The quantitative estimate of drug-likeness (QED) is 0.591. The summed E-state index contributed by atoms with van der Waals surface area (Å²) >= 11 is 0. The van der Waals surface area contributed by atoms with Gasteiger partial charge in [0.05, 0.1) is 0 Å². The van der Waals surface area contributed by atoms with Crippen molar-refractivity contribution in [1.82, 2.24) is 15.5 Å². The molecular formula is C13H27N3O3. The minimum atomic E-state index is -0.992. The zero-order valence-corrected chi connectivity index (χ0v) is 12.4. The van der Waals surface area contributed by atoms with E-state index in [1.54, 1.807) is 0 Å². The standard InChI is InChI=1S/C13H27N3O3/c1-5-7-11(12(17)18)15-13(19)14-8-9-16(4)10(3)6-2/h10-11H,5-9H2,1-4H3,(H,17,18)(H2,14,15,19). The predicted molar refractivity (Wildman–Crippen MR) is 75.2 cm³/mol. The predicted octanol–water partition coefficient (Wildman–Crippen LogP) is 1.27. The topological polar surface area (TPSA) is 81.7 Å². The van der Waals surface area contributed by atoms with Gasteiger partial charge >= 0.3 is 12.0 Å². The zero-order valence-electron chi connectivity index (χ0n) is 12.4. The molecule has 0 aromatic heterocycles. The Balaban J connectivity index is 3.94. The molecule has 0 aromatic carbocycles. The van der Waals surface area contributed by atoms with Crippen LogP contribution in [0.5, 0.6) is 0 Å². The molecule has 0 spiro atoms. The van der Waals surface area contributed by atoms with Gasteiger partial charge in [-0.25, -0.2) is 9.59 Å². The third-order valence-corrected chi connectivity index (χ3v) is 3.27. The number of amides is 2. The molecular weight excluding hydrogens is 246 g/mol. The van der Waals surface area contributed by atoms with Crippen molar-refractivity contribution in [3.05, 3.63) is 0 Å². The first kappa shape index (κ1) is 17.7. The van der Waals surface area contributed by atoms with Crippen molar-refractivity contribution in [3.8, 4) is 0 Å². The van der Waals surface area contributed by atoms with Gasteiger partial charge in [-0.3, -0.25) is 0 Å². The van der Waals surface area contributed by atoms with Crippen LogP contribution < -0.4 is 10.6 Å². The summed E-state index contributed by atoms with van der Waals surface area (Å²) in [5.41, 5.74) is 0. The van der Waals surface area contributed by atoms with Crippen molar-refractivity contribution in [2.24, 2.45) is 0 Å². The zero-order chi connectivity index (χ0) is 14.8. The smallest absolute Gasteiger partial charge is 0.326 e. The summed E-state index contributed by atoms with van der Waals surface area (Å²) in [5.74, 6) is -0.992. The van der Waals surface area contributed by atoms with Crippen molar-refractivity contribution < 1.29 is 14.7 Å². The molecule has 6 nitrogen and oxygen atoms in total. The number of carboxylic acid groups (broad SMARTS) is 1. The minimum absolute atomic E-state index is 0.418. The largest absolute Gasteiger partial charge is 0.480 e. The van der Waals surface area contributed by atoms with Crippen LogP contribution in [0.1, 0.15) is 40.0 Å². The Kier molecular flexibility index (Phi) is 8.95. The Morgan fingerprint density at radius 1 is 1.32 bits per heavy atom. The molecule has 2 atom stereocenters. The van der Waals surface area contributed by atoms with E-state index in [2.05, 4.69) is 29.4 Å². The van der Waals surface area contributed by atoms with Crippen LogP contribution in [-0.2, 0) is 4.79 Å². The molecule has 0 bridgehead atoms. The van der Waals surface area contributed by atoms with Crippen molar-refractivity contribution in [2.75, 3.05) is 20.1 Å². The van der Waals surface area contributed by atoms with E-state index in [1.165, 1.54) is 0 Å². The summed E-state index contributed by atoms with van der Waals surface area (Å²) in [6, 6.07) is -0.757. The maximum Gasteiger partial charge on any atom is 0.326 e. The number of carbonyl (C=O) groups excluding carboxylic acids is 1. The van der Waals surface area contributed by atoms with E-state index < -0.39 is 18.0 Å². The number of nitrogens with zero attached hydrogens (tertiary/aromatic N) is 1. The third-order valence-electron chi connectivity index (χ3n) is 3.27. The van der Waals surface area contributed by atoms with Crippen molar-refractivity contribution in [1.29, 1.82) is 0 Å². The molecule has 0 aliphatic heterocycles. The van der Waals surface area contributed by atoms with E-state index in [1.807, 2.05) is 14.0 Å². The van der Waals surface area contributed by atoms with E-state index in [9.17, 15) is 9.59 Å². The number of hydrogen-bond donors (Lipinski definition) is 3. The SMILES string of the molecule is CCCC(NC(=O)NCCN(C)C(C)CC)C(=O)O. The molecule has 0 aliphatic carbocycles. The highest BCUT2D eigenvalue weighted by atomic mass is 16.4. The maximum absolute atomic E-state index is 11.5. The van der Waals surface area contributed by atoms with E-state index in [4.69, 9.17) is 5.11 Å². The molecule has 0 saturated heterocycles. The first-order valence-corrected chi connectivity index (χ1v) is 6.89. The molecule has 0 heterocycles. The molecule has 0 rings (SSSR count). The van der Waals surface area contributed by atoms with Crippen LogP contribution >= 0.6 is 0 Å². The number of rotatable bonds is 9. The van der Waals surface area contributed by atoms with Gasteiger partial charge < -0.3 is 20.6 Å². The molecule has 0 radical (unpaired) electrons. The van der Waals surface area contributed by atoms with Gasteiger partial charge in [-0.05, 0) is 26.8 Å². The Bertz CT molecular complexity index is 284. The second-order valence-electron chi connectivity index (χ2n) is 4.82. The lowest BCUT2D eigenvalue weighted by Crippen LogP contribution is -2.47. The van der Waals surface area contributed by atoms with E-state index in [0.29, 0.717) is 25.4 Å². The van der Waals surface area contributed by atoms with Crippen LogP contribution in [-0.4, -0.2) is 54.2 Å². The average Bonchev–Trinajstić information content (AvgIpc) is 2.36. The highest BCUT2D eigenvalue weighted by molar-refractivity contribution is 5.82. The molecule has 2 amide bonds. The maximum atomic E-state index is 11.5. The van der Waals surface area contributed by atoms with E-state index in [0.717, 1.165) is 13.0 Å². The third kappa shape index (κ3) is 7.66. The second-order valence-corrected chi connectivity index (χ2v) is 4.82. The van der Waals surface area contributed by atoms with E-state index in [-0.39, 0.29) is 0 Å². The Hall–Kier alpha value is -1.30. The molecule has 0 fully saturated rings. The summed E-state index contributed by atoms with van der Waals surface area (Å²) in [6.45, 7) is 7.38. The number of nitrogens with one attached hydrogen (secondary N) is 2. The van der Waals surface area contributed by atoms with Gasteiger partial charge in [-0.2, -0.15) is 0 Å². The number of urea groups is 1. The van der Waals surface area contributed by atoms with Crippen LogP contribution in [0.3, 0.4) is 0 Å². The molecule has 0 aromatic rings. The van der Waals surface area contributed by atoms with Gasteiger partial charge in [-0.15, -0.1) is 0 Å². The highest BCUT2D eigenvalue weighted by Crippen LogP contribution is 1.98. The fourth-order valence-electron chi connectivity index (χ4n) is 1.63. The summed E-state index contributed by atoms with van der Waals surface area (Å²) in [6.07, 6.45) is 2.21. The molecule has 6 heteroatoms. The molecule has 19 heavy (non-hydrogen) atoms. The van der Waals surface area contributed by atoms with Crippen molar-refractivity contribution in [3.63, 3.8) is 0 Å². The fourth-order valence-corrected chi connectivity index (χ4v) is 1.63.